The van der Waals surface area contributed by atoms with Crippen LogP contribution in [0.25, 0.3) is 0 Å². The lowest BCUT2D eigenvalue weighted by atomic mass is 10.1. The summed E-state index contributed by atoms with van der Waals surface area (Å²) in [4.78, 5) is 15.9. The van der Waals surface area contributed by atoms with Crippen LogP contribution < -0.4 is 4.90 Å². The van der Waals surface area contributed by atoms with E-state index in [1.165, 1.54) is 15.4 Å². The lowest BCUT2D eigenvalue weighted by molar-refractivity contribution is -0.896. The number of amides is 1. The lowest BCUT2D eigenvalue weighted by Crippen LogP contribution is -3.15. The molecule has 1 amide bonds. The third kappa shape index (κ3) is 5.28. The number of carbonyl (C=O) groups is 1. The fourth-order valence-corrected chi connectivity index (χ4v) is 5.24. The molecule has 0 aromatic heterocycles. The van der Waals surface area contributed by atoms with E-state index in [4.69, 9.17) is 0 Å². The van der Waals surface area contributed by atoms with Gasteiger partial charge in [0.05, 0.1) is 31.1 Å². The summed E-state index contributed by atoms with van der Waals surface area (Å²) in [7, 11) is -1.64. The van der Waals surface area contributed by atoms with Gasteiger partial charge in [0.15, 0.2) is 6.54 Å². The second-order valence-electron chi connectivity index (χ2n) is 8.32. The van der Waals surface area contributed by atoms with Gasteiger partial charge in [0.1, 0.15) is 0 Å². The summed E-state index contributed by atoms with van der Waals surface area (Å²) >= 11 is 0. The van der Waals surface area contributed by atoms with Crippen LogP contribution in [0, 0.1) is 20.8 Å². The number of nitrogens with one attached hydrogen (secondary N) is 1. The minimum atomic E-state index is -3.47. The van der Waals surface area contributed by atoms with Gasteiger partial charge in [0.2, 0.25) is 10.0 Å². The first-order valence-corrected chi connectivity index (χ1v) is 11.8. The summed E-state index contributed by atoms with van der Waals surface area (Å²) in [5, 5.41) is 0. The van der Waals surface area contributed by atoms with E-state index < -0.39 is 10.0 Å². The van der Waals surface area contributed by atoms with E-state index in [1.54, 1.807) is 17.0 Å². The van der Waals surface area contributed by atoms with Gasteiger partial charge in [0.25, 0.3) is 5.91 Å². The molecule has 0 spiro atoms. The maximum Gasteiger partial charge on any atom is 0.277 e. The Labute approximate surface area is 180 Å². The molecule has 2 aromatic carbocycles. The monoisotopic (exact) mass is 430 g/mol. The molecule has 2 aromatic rings. The minimum absolute atomic E-state index is 0.0832. The summed E-state index contributed by atoms with van der Waals surface area (Å²) in [6.45, 7) is 9.17. The van der Waals surface area contributed by atoms with Crippen LogP contribution in [0.1, 0.15) is 22.3 Å². The Morgan fingerprint density at radius 2 is 1.60 bits per heavy atom. The Kier molecular flexibility index (Phi) is 6.95. The van der Waals surface area contributed by atoms with Crippen molar-refractivity contribution >= 4 is 15.9 Å². The third-order valence-corrected chi connectivity index (χ3v) is 7.73. The van der Waals surface area contributed by atoms with Crippen molar-refractivity contribution in [3.8, 4) is 0 Å². The molecule has 30 heavy (non-hydrogen) atoms. The molecule has 0 bridgehead atoms. The van der Waals surface area contributed by atoms with Crippen molar-refractivity contribution in [2.75, 3.05) is 39.8 Å². The van der Waals surface area contributed by atoms with E-state index in [9.17, 15) is 13.2 Å². The molecule has 7 heteroatoms. The van der Waals surface area contributed by atoms with E-state index in [-0.39, 0.29) is 5.91 Å². The molecule has 0 radical (unpaired) electrons. The molecule has 0 unspecified atom stereocenters. The smallest absolute Gasteiger partial charge is 0.277 e. The fraction of sp³-hybridized carbons (Fsp3) is 0.435. The van der Waals surface area contributed by atoms with Gasteiger partial charge in [0, 0.05) is 13.6 Å². The highest BCUT2D eigenvalue weighted by molar-refractivity contribution is 7.89. The van der Waals surface area contributed by atoms with Gasteiger partial charge in [-0.25, -0.2) is 8.42 Å². The number of benzene rings is 2. The summed E-state index contributed by atoms with van der Waals surface area (Å²) in [5.74, 6) is 0.0832. The number of nitrogens with zero attached hydrogens (tertiary/aromatic N) is 2. The van der Waals surface area contributed by atoms with Gasteiger partial charge >= 0.3 is 0 Å². The minimum Gasteiger partial charge on any atom is -0.337 e. The molecule has 162 valence electrons. The number of quaternary nitrogens is 1. The second-order valence-corrected chi connectivity index (χ2v) is 10.3. The maximum atomic E-state index is 12.8. The normalized spacial score (nSPS) is 15.9. The average Bonchev–Trinajstić information content (AvgIpc) is 2.70. The van der Waals surface area contributed by atoms with Crippen molar-refractivity contribution in [1.82, 2.24) is 9.21 Å². The zero-order valence-corrected chi connectivity index (χ0v) is 19.1. The highest BCUT2D eigenvalue weighted by Crippen LogP contribution is 2.16. The third-order valence-electron chi connectivity index (χ3n) is 5.82. The van der Waals surface area contributed by atoms with Gasteiger partial charge in [-0.2, -0.15) is 4.31 Å². The predicted octanol–water partition coefficient (Wildman–Crippen LogP) is 1.16. The predicted molar refractivity (Wildman–Crippen MR) is 118 cm³/mol. The van der Waals surface area contributed by atoms with E-state index in [1.807, 2.05) is 26.1 Å². The number of hydrogen-bond donors (Lipinski definition) is 1. The molecule has 3 rings (SSSR count). The molecule has 0 saturated carbocycles. The molecular weight excluding hydrogens is 398 g/mol. The van der Waals surface area contributed by atoms with Crippen LogP contribution >= 0.6 is 0 Å². The summed E-state index contributed by atoms with van der Waals surface area (Å²) in [5.41, 5.74) is 4.59. The second kappa shape index (κ2) is 9.29. The standard InChI is InChI=1S/C23H31N3O3S/c1-18-6-9-22(10-7-18)30(28,29)26-13-11-25(12-14-26)17-23(27)24(4)16-21-8-5-19(2)15-20(21)3/h5-10,15H,11-14,16-17H2,1-4H3/p+1. The number of rotatable bonds is 6. The number of aryl methyl sites for hydroxylation is 3. The van der Waals surface area contributed by atoms with E-state index in [0.29, 0.717) is 44.2 Å². The Bertz CT molecular complexity index is 995. The Morgan fingerprint density at radius 3 is 2.20 bits per heavy atom. The summed E-state index contributed by atoms with van der Waals surface area (Å²) in [6, 6.07) is 13.2. The molecule has 0 atom stereocenters. The van der Waals surface area contributed by atoms with E-state index in [2.05, 4.69) is 32.0 Å². The van der Waals surface area contributed by atoms with Gasteiger partial charge < -0.3 is 9.80 Å². The number of piperazine rings is 1. The van der Waals surface area contributed by atoms with Crippen LogP contribution in [0.15, 0.2) is 47.4 Å². The van der Waals surface area contributed by atoms with Crippen molar-refractivity contribution in [2.24, 2.45) is 0 Å². The Hall–Kier alpha value is -2.22. The fourth-order valence-electron chi connectivity index (χ4n) is 3.79. The van der Waals surface area contributed by atoms with Crippen molar-refractivity contribution in [3.05, 3.63) is 64.7 Å². The first-order valence-electron chi connectivity index (χ1n) is 10.4. The zero-order chi connectivity index (χ0) is 21.9. The maximum absolute atomic E-state index is 12.8. The van der Waals surface area contributed by atoms with Crippen molar-refractivity contribution < 1.29 is 18.1 Å². The van der Waals surface area contributed by atoms with Crippen LogP contribution in [0.2, 0.25) is 0 Å². The average molecular weight is 431 g/mol. The number of carbonyl (C=O) groups excluding carboxylic acids is 1. The van der Waals surface area contributed by atoms with Crippen LogP contribution in [-0.4, -0.2) is 63.3 Å². The lowest BCUT2D eigenvalue weighted by Gasteiger charge is -2.32. The molecule has 6 nitrogen and oxygen atoms in total. The summed E-state index contributed by atoms with van der Waals surface area (Å²) < 4.78 is 27.2. The molecule has 1 N–H and O–H groups in total. The highest BCUT2D eigenvalue weighted by Gasteiger charge is 2.31. The molecule has 0 aliphatic carbocycles. The molecule has 1 aliphatic heterocycles. The number of sulfonamides is 1. The van der Waals surface area contributed by atoms with Gasteiger partial charge in [-0.05, 0) is 44.0 Å². The molecular formula is C23H32N3O3S+. The quantitative estimate of drug-likeness (QED) is 0.748. The van der Waals surface area contributed by atoms with Gasteiger partial charge in [-0.1, -0.05) is 41.5 Å². The molecule has 1 saturated heterocycles. The van der Waals surface area contributed by atoms with Crippen LogP contribution in [-0.2, 0) is 21.4 Å². The van der Waals surface area contributed by atoms with Crippen molar-refractivity contribution in [1.29, 1.82) is 0 Å². The molecule has 1 heterocycles. The van der Waals surface area contributed by atoms with E-state index in [0.717, 1.165) is 16.0 Å². The van der Waals surface area contributed by atoms with Crippen LogP contribution in [0.3, 0.4) is 0 Å². The topological polar surface area (TPSA) is 62.1 Å². The molecule has 1 aliphatic rings. The zero-order valence-electron chi connectivity index (χ0n) is 18.3. The SMILES string of the molecule is Cc1ccc(S(=O)(=O)N2CC[NH+](CC(=O)N(C)Cc3ccc(C)cc3C)CC2)cc1. The highest BCUT2D eigenvalue weighted by atomic mass is 32.2. The first kappa shape index (κ1) is 22.5. The van der Waals surface area contributed by atoms with Crippen LogP contribution in [0.5, 0.6) is 0 Å². The Morgan fingerprint density at radius 1 is 1.00 bits per heavy atom. The van der Waals surface area contributed by atoms with Crippen molar-refractivity contribution in [3.63, 3.8) is 0 Å². The van der Waals surface area contributed by atoms with Gasteiger partial charge in [-0.15, -0.1) is 0 Å². The van der Waals surface area contributed by atoms with Gasteiger partial charge in [-0.3, -0.25) is 4.79 Å². The molecule has 1 fully saturated rings. The van der Waals surface area contributed by atoms with E-state index >= 15 is 0 Å². The number of likely N-dealkylation sites (N-methyl/N-ethyl adjacent to an activating group) is 1. The number of hydrogen-bond acceptors (Lipinski definition) is 3. The first-order chi connectivity index (χ1) is 14.2. The summed E-state index contributed by atoms with van der Waals surface area (Å²) in [6.07, 6.45) is 0. The van der Waals surface area contributed by atoms with Crippen molar-refractivity contribution in [2.45, 2.75) is 32.2 Å². The van der Waals surface area contributed by atoms with Crippen LogP contribution in [0.4, 0.5) is 0 Å². The largest absolute Gasteiger partial charge is 0.337 e. The Balaban J connectivity index is 1.53.